The summed E-state index contributed by atoms with van der Waals surface area (Å²) < 4.78 is 0. The van der Waals surface area contributed by atoms with Crippen LogP contribution in [0.25, 0.3) is 0 Å². The normalized spacial score (nSPS) is 16.2. The van der Waals surface area contributed by atoms with Gasteiger partial charge in [-0.25, -0.2) is 0 Å². The molecule has 1 aliphatic rings. The Labute approximate surface area is 206 Å². The van der Waals surface area contributed by atoms with Crippen molar-refractivity contribution >= 4 is 35.0 Å². The Kier molecular flexibility index (Phi) is 6.85. The van der Waals surface area contributed by atoms with Crippen LogP contribution >= 0.6 is 11.8 Å². The fraction of sp³-hybridized carbons (Fsp3) is 0.310. The van der Waals surface area contributed by atoms with Crippen LogP contribution in [0.5, 0.6) is 0 Å². The lowest BCUT2D eigenvalue weighted by atomic mass is 9.87. The van der Waals surface area contributed by atoms with Gasteiger partial charge < -0.3 is 5.32 Å². The lowest BCUT2D eigenvalue weighted by molar-refractivity contribution is -0.115. The number of anilines is 2. The van der Waals surface area contributed by atoms with E-state index in [-0.39, 0.29) is 22.6 Å². The summed E-state index contributed by atoms with van der Waals surface area (Å²) in [5, 5.41) is 2.89. The smallest absolute Gasteiger partial charge is 0.255 e. The Morgan fingerprint density at radius 2 is 1.68 bits per heavy atom. The van der Waals surface area contributed by atoms with E-state index < -0.39 is 0 Å². The molecule has 1 saturated heterocycles. The number of carbonyl (C=O) groups is 2. The first-order valence-electron chi connectivity index (χ1n) is 11.7. The van der Waals surface area contributed by atoms with Gasteiger partial charge in [-0.05, 0) is 64.4 Å². The van der Waals surface area contributed by atoms with Crippen molar-refractivity contribution in [1.29, 1.82) is 0 Å². The maximum Gasteiger partial charge on any atom is 0.255 e. The highest BCUT2D eigenvalue weighted by molar-refractivity contribution is 8.00. The first-order valence-corrected chi connectivity index (χ1v) is 12.7. The Balaban J connectivity index is 1.53. The minimum Gasteiger partial charge on any atom is -0.322 e. The number of thioether (sulfide) groups is 1. The fourth-order valence-corrected chi connectivity index (χ4v) is 5.23. The molecule has 34 heavy (non-hydrogen) atoms. The van der Waals surface area contributed by atoms with Crippen molar-refractivity contribution in [3.63, 3.8) is 0 Å². The zero-order chi connectivity index (χ0) is 24.5. The Morgan fingerprint density at radius 1 is 1.00 bits per heavy atom. The minimum absolute atomic E-state index is 0.0424. The van der Waals surface area contributed by atoms with E-state index >= 15 is 0 Å². The van der Waals surface area contributed by atoms with Crippen molar-refractivity contribution in [2.75, 3.05) is 16.0 Å². The van der Waals surface area contributed by atoms with Crippen LogP contribution in [-0.4, -0.2) is 17.6 Å². The predicted molar refractivity (Wildman–Crippen MR) is 143 cm³/mol. The van der Waals surface area contributed by atoms with Crippen LogP contribution < -0.4 is 10.2 Å². The van der Waals surface area contributed by atoms with Gasteiger partial charge in [-0.15, -0.1) is 11.8 Å². The first kappa shape index (κ1) is 24.1. The zero-order valence-electron chi connectivity index (χ0n) is 20.5. The third-order valence-corrected chi connectivity index (χ3v) is 7.36. The van der Waals surface area contributed by atoms with Crippen LogP contribution in [0.3, 0.4) is 0 Å². The summed E-state index contributed by atoms with van der Waals surface area (Å²) in [5.41, 5.74) is 5.71. The van der Waals surface area contributed by atoms with Gasteiger partial charge >= 0.3 is 0 Å². The maximum atomic E-state index is 12.9. The highest BCUT2D eigenvalue weighted by atomic mass is 32.2. The molecule has 0 radical (unpaired) electrons. The van der Waals surface area contributed by atoms with Crippen LogP contribution in [0.4, 0.5) is 11.4 Å². The molecule has 0 spiro atoms. The van der Waals surface area contributed by atoms with Crippen molar-refractivity contribution in [2.45, 2.75) is 51.3 Å². The van der Waals surface area contributed by atoms with Crippen molar-refractivity contribution in [2.24, 2.45) is 0 Å². The van der Waals surface area contributed by atoms with E-state index in [1.807, 2.05) is 65.6 Å². The van der Waals surface area contributed by atoms with Crippen molar-refractivity contribution in [1.82, 2.24) is 0 Å². The summed E-state index contributed by atoms with van der Waals surface area (Å²) in [6.45, 7) is 10.8. The van der Waals surface area contributed by atoms with E-state index in [1.54, 1.807) is 11.8 Å². The summed E-state index contributed by atoms with van der Waals surface area (Å²) in [6, 6.07) is 23.8. The average Bonchev–Trinajstić information content (AvgIpc) is 3.20. The molecule has 0 aliphatic carbocycles. The van der Waals surface area contributed by atoms with Crippen LogP contribution in [-0.2, 0) is 10.2 Å². The SMILES string of the molecule is CC(C)c1ccc(N2C(=O)CS[C@H]2c2cccc(NC(=O)c3ccc(C(C)(C)C)cc3)c2)cc1. The lowest BCUT2D eigenvalue weighted by Crippen LogP contribution is -2.27. The van der Waals surface area contributed by atoms with E-state index in [0.29, 0.717) is 17.2 Å². The Hall–Kier alpha value is -3.05. The molecule has 1 heterocycles. The molecule has 0 unspecified atom stereocenters. The third kappa shape index (κ3) is 5.20. The van der Waals surface area contributed by atoms with Gasteiger partial charge in [0.1, 0.15) is 5.37 Å². The van der Waals surface area contributed by atoms with Gasteiger partial charge in [0.2, 0.25) is 5.91 Å². The summed E-state index contributed by atoms with van der Waals surface area (Å²) in [7, 11) is 0. The van der Waals surface area contributed by atoms with Crippen molar-refractivity contribution < 1.29 is 9.59 Å². The van der Waals surface area contributed by atoms with Gasteiger partial charge in [0.15, 0.2) is 0 Å². The van der Waals surface area contributed by atoms with Crippen LogP contribution in [0.1, 0.15) is 73.0 Å². The number of benzene rings is 3. The third-order valence-electron chi connectivity index (χ3n) is 6.15. The molecule has 4 rings (SSSR count). The molecule has 1 N–H and O–H groups in total. The number of rotatable bonds is 5. The molecule has 1 atom stereocenters. The van der Waals surface area contributed by atoms with E-state index in [2.05, 4.69) is 52.1 Å². The molecule has 1 fully saturated rings. The second-order valence-corrected chi connectivity index (χ2v) is 11.1. The molecule has 3 aromatic rings. The van der Waals surface area contributed by atoms with Gasteiger partial charge in [-0.1, -0.05) is 71.0 Å². The second kappa shape index (κ2) is 9.67. The van der Waals surface area contributed by atoms with Crippen LogP contribution in [0, 0.1) is 0 Å². The highest BCUT2D eigenvalue weighted by Crippen LogP contribution is 2.42. The van der Waals surface area contributed by atoms with Gasteiger partial charge in [-0.2, -0.15) is 0 Å². The lowest BCUT2D eigenvalue weighted by Gasteiger charge is -2.25. The molecule has 176 valence electrons. The number of carbonyl (C=O) groups excluding carboxylic acids is 2. The summed E-state index contributed by atoms with van der Waals surface area (Å²) >= 11 is 1.61. The van der Waals surface area contributed by atoms with Gasteiger partial charge in [0.25, 0.3) is 5.91 Å². The van der Waals surface area contributed by atoms with Gasteiger partial charge in [-0.3, -0.25) is 14.5 Å². The maximum absolute atomic E-state index is 12.9. The zero-order valence-corrected chi connectivity index (χ0v) is 21.3. The van der Waals surface area contributed by atoms with E-state index in [9.17, 15) is 9.59 Å². The summed E-state index contributed by atoms with van der Waals surface area (Å²) in [4.78, 5) is 27.5. The molecule has 0 bridgehead atoms. The number of amides is 2. The molecule has 2 amide bonds. The Morgan fingerprint density at radius 3 is 2.29 bits per heavy atom. The Bertz CT molecular complexity index is 1180. The molecule has 0 saturated carbocycles. The van der Waals surface area contributed by atoms with Crippen LogP contribution in [0.2, 0.25) is 0 Å². The largest absolute Gasteiger partial charge is 0.322 e. The standard InChI is InChI=1S/C29H32N2O2S/c1-19(2)20-11-15-25(16-12-20)31-26(32)18-34-28(31)22-7-6-8-24(17-22)30-27(33)21-9-13-23(14-10-21)29(3,4)5/h6-17,19,28H,18H2,1-5H3,(H,30,33)/t28-/m0/s1. The monoisotopic (exact) mass is 472 g/mol. The molecule has 0 aromatic heterocycles. The average molecular weight is 473 g/mol. The van der Waals surface area contributed by atoms with Crippen molar-refractivity contribution in [3.05, 3.63) is 95.1 Å². The summed E-state index contributed by atoms with van der Waals surface area (Å²) in [6.07, 6.45) is 0. The highest BCUT2D eigenvalue weighted by Gasteiger charge is 2.34. The molecular weight excluding hydrogens is 440 g/mol. The van der Waals surface area contributed by atoms with Gasteiger partial charge in [0.05, 0.1) is 5.75 Å². The number of hydrogen-bond donors (Lipinski definition) is 1. The molecule has 3 aromatic carbocycles. The molecule has 5 heteroatoms. The van der Waals surface area contributed by atoms with Crippen molar-refractivity contribution in [3.8, 4) is 0 Å². The number of hydrogen-bond acceptors (Lipinski definition) is 3. The summed E-state index contributed by atoms with van der Waals surface area (Å²) in [5.74, 6) is 0.834. The van der Waals surface area contributed by atoms with Gasteiger partial charge in [0, 0.05) is 16.9 Å². The second-order valence-electron chi connectivity index (χ2n) is 10.1. The van der Waals surface area contributed by atoms with Crippen LogP contribution in [0.15, 0.2) is 72.8 Å². The molecular formula is C29H32N2O2S. The fourth-order valence-electron chi connectivity index (χ4n) is 4.06. The van der Waals surface area contributed by atoms with E-state index in [4.69, 9.17) is 0 Å². The predicted octanol–water partition coefficient (Wildman–Crippen LogP) is 7.14. The quantitative estimate of drug-likeness (QED) is 0.429. The van der Waals surface area contributed by atoms with E-state index in [1.165, 1.54) is 11.1 Å². The first-order chi connectivity index (χ1) is 16.1. The van der Waals surface area contributed by atoms with E-state index in [0.717, 1.165) is 16.9 Å². The molecule has 4 nitrogen and oxygen atoms in total. The topological polar surface area (TPSA) is 49.4 Å². The minimum atomic E-state index is -0.145. The molecule has 1 aliphatic heterocycles. The number of nitrogens with one attached hydrogen (secondary N) is 1. The number of nitrogens with zero attached hydrogens (tertiary/aromatic N) is 1.